The van der Waals surface area contributed by atoms with Crippen molar-refractivity contribution in [2.75, 3.05) is 26.4 Å². The lowest BCUT2D eigenvalue weighted by molar-refractivity contribution is -0.367. The lowest BCUT2D eigenvalue weighted by Gasteiger charge is -2.63. The standard InChI is InChI=1S/C45H76O21/c1-17(16-60-40-36(56)33(53)31(51)27(13-46)62-40)5-8-45(59)18(2)30-26(66-45)10-21-19-9-23(49)22-11-25(24(50)12-44(22,4)20(19)6-7-43(21,30)3)61-41-38(58)35(55)39(29(15-48)64-41)65-42-37(57)34(54)32(52)28(14-47)63-42/h17-42,46-59H,5-16H2,1-4H3/t17-,18+,19-,20+,21+,22-,23-,24-,25-,26+,27-,28-,29-,30+,31-,32-,33+,34+,35-,36-,37-,38-,39+,40-,41-,42+,43+,44-,45+/m1/s1. The third kappa shape index (κ3) is 8.84. The summed E-state index contributed by atoms with van der Waals surface area (Å²) in [6, 6.07) is 0. The third-order valence-corrected chi connectivity index (χ3v) is 18.0. The van der Waals surface area contributed by atoms with Gasteiger partial charge in [-0.2, -0.15) is 0 Å². The summed E-state index contributed by atoms with van der Waals surface area (Å²) >= 11 is 0. The maximum atomic E-state index is 12.0. The molecule has 66 heavy (non-hydrogen) atoms. The van der Waals surface area contributed by atoms with Crippen LogP contribution in [-0.2, 0) is 33.2 Å². The van der Waals surface area contributed by atoms with E-state index in [0.717, 1.165) is 19.3 Å². The Bertz CT molecular complexity index is 1630. The molecule has 0 aromatic heterocycles. The molecular weight excluding hydrogens is 876 g/mol. The molecule has 4 saturated carbocycles. The van der Waals surface area contributed by atoms with E-state index in [4.69, 9.17) is 33.2 Å². The van der Waals surface area contributed by atoms with Gasteiger partial charge in [0.15, 0.2) is 24.7 Å². The minimum atomic E-state index is -1.81. The van der Waals surface area contributed by atoms with Gasteiger partial charge in [-0.05, 0) is 91.3 Å². The quantitative estimate of drug-likeness (QED) is 0.0786. The van der Waals surface area contributed by atoms with E-state index in [1.807, 2.05) is 13.8 Å². The highest BCUT2D eigenvalue weighted by molar-refractivity contribution is 5.16. The van der Waals surface area contributed by atoms with Gasteiger partial charge in [0.25, 0.3) is 0 Å². The predicted molar refractivity (Wildman–Crippen MR) is 222 cm³/mol. The van der Waals surface area contributed by atoms with E-state index in [0.29, 0.717) is 25.7 Å². The normalized spacial score (nSPS) is 56.5. The summed E-state index contributed by atoms with van der Waals surface area (Å²) in [6.07, 6.45) is -21.5. The second kappa shape index (κ2) is 19.6. The molecule has 21 nitrogen and oxygen atoms in total. The topological polar surface area (TPSA) is 348 Å². The Labute approximate surface area is 384 Å². The van der Waals surface area contributed by atoms with Crippen LogP contribution in [0.5, 0.6) is 0 Å². The molecule has 0 radical (unpaired) electrons. The van der Waals surface area contributed by atoms with Crippen molar-refractivity contribution in [3.05, 3.63) is 0 Å². The first-order valence-electron chi connectivity index (χ1n) is 24.0. The second-order valence-corrected chi connectivity index (χ2v) is 21.7. The fourth-order valence-electron chi connectivity index (χ4n) is 14.3. The molecule has 14 N–H and O–H groups in total. The Hall–Kier alpha value is -0.840. The first-order chi connectivity index (χ1) is 31.1. The van der Waals surface area contributed by atoms with E-state index >= 15 is 0 Å². The summed E-state index contributed by atoms with van der Waals surface area (Å²) in [5, 5.41) is 149. The van der Waals surface area contributed by atoms with E-state index < -0.39 is 141 Å². The molecule has 0 amide bonds. The molecule has 8 aliphatic rings. The molecule has 8 fully saturated rings. The number of hydrogen-bond acceptors (Lipinski definition) is 21. The van der Waals surface area contributed by atoms with Gasteiger partial charge in [0.2, 0.25) is 0 Å². The van der Waals surface area contributed by atoms with Crippen LogP contribution in [0.25, 0.3) is 0 Å². The van der Waals surface area contributed by atoms with Crippen LogP contribution >= 0.6 is 0 Å². The van der Waals surface area contributed by atoms with Crippen molar-refractivity contribution >= 4 is 0 Å². The zero-order valence-corrected chi connectivity index (χ0v) is 38.1. The fraction of sp³-hybridized carbons (Fsp3) is 1.00. The summed E-state index contributed by atoms with van der Waals surface area (Å²) < 4.78 is 41.0. The zero-order valence-electron chi connectivity index (χ0n) is 38.1. The molecule has 4 aliphatic carbocycles. The first kappa shape index (κ1) is 51.5. The van der Waals surface area contributed by atoms with Crippen LogP contribution in [0.4, 0.5) is 0 Å². The SMILES string of the molecule is C[C@H](CC[C@]1(O)O[C@H]2C[C@H]3[C@@H]4C[C@@H](O)[C@H]5C[C@@H](O[C@@H]6O[C@H](CO)[C@H](O[C@@H]7O[C@H](CO)[C@@H](O)[C@H](O)[C@H]7O)[C@H](O)[C@H]6O)[C@H](O)C[C@]5(C)[C@H]4CC[C@]3(C)[C@H]2[C@@H]1C)CO[C@@H]1O[C@H](CO)[C@@H](O)[C@H](O)[C@H]1O. The molecule has 4 saturated heterocycles. The molecular formula is C45H76O21. The number of ether oxygens (including phenoxy) is 7. The Morgan fingerprint density at radius 1 is 0.621 bits per heavy atom. The van der Waals surface area contributed by atoms with Crippen LogP contribution in [0.2, 0.25) is 0 Å². The molecule has 0 aromatic rings. The Balaban J connectivity index is 0.868. The highest BCUT2D eigenvalue weighted by Gasteiger charge is 2.69. The molecule has 0 spiro atoms. The molecule has 0 aromatic carbocycles. The molecule has 0 unspecified atom stereocenters. The summed E-state index contributed by atoms with van der Waals surface area (Å²) in [5.74, 6) is -1.42. The maximum Gasteiger partial charge on any atom is 0.187 e. The molecule has 4 aliphatic heterocycles. The van der Waals surface area contributed by atoms with E-state index in [-0.39, 0.29) is 66.0 Å². The van der Waals surface area contributed by atoms with E-state index in [9.17, 15) is 71.5 Å². The molecule has 29 atom stereocenters. The fourth-order valence-corrected chi connectivity index (χ4v) is 14.3. The number of rotatable bonds is 13. The largest absolute Gasteiger partial charge is 0.394 e. The molecule has 382 valence electrons. The number of hydrogen-bond donors (Lipinski definition) is 14. The van der Waals surface area contributed by atoms with Crippen molar-refractivity contribution in [1.29, 1.82) is 0 Å². The summed E-state index contributed by atoms with van der Waals surface area (Å²) in [6.45, 7) is 6.52. The molecule has 0 bridgehead atoms. The van der Waals surface area contributed by atoms with Gasteiger partial charge in [0.05, 0.1) is 50.8 Å². The lowest BCUT2D eigenvalue weighted by Crippen LogP contribution is -2.65. The highest BCUT2D eigenvalue weighted by Crippen LogP contribution is 2.71. The molecule has 8 rings (SSSR count). The number of aliphatic hydroxyl groups excluding tert-OH is 13. The Morgan fingerprint density at radius 2 is 1.20 bits per heavy atom. The van der Waals surface area contributed by atoms with Crippen LogP contribution in [0.15, 0.2) is 0 Å². The van der Waals surface area contributed by atoms with Crippen LogP contribution in [0.3, 0.4) is 0 Å². The molecule has 4 heterocycles. The van der Waals surface area contributed by atoms with Gasteiger partial charge in [-0.3, -0.25) is 0 Å². The predicted octanol–water partition coefficient (Wildman–Crippen LogP) is -3.84. The summed E-state index contributed by atoms with van der Waals surface area (Å²) in [5.41, 5.74) is -0.663. The van der Waals surface area contributed by atoms with Gasteiger partial charge in [0.1, 0.15) is 73.2 Å². The van der Waals surface area contributed by atoms with Crippen molar-refractivity contribution in [1.82, 2.24) is 0 Å². The van der Waals surface area contributed by atoms with Crippen LogP contribution < -0.4 is 0 Å². The second-order valence-electron chi connectivity index (χ2n) is 21.7. The molecule has 21 heteroatoms. The number of aliphatic hydroxyl groups is 14. The van der Waals surface area contributed by atoms with Gasteiger partial charge < -0.3 is 105 Å². The van der Waals surface area contributed by atoms with Crippen molar-refractivity contribution in [2.24, 2.45) is 52.3 Å². The van der Waals surface area contributed by atoms with Crippen LogP contribution in [-0.4, -0.2) is 220 Å². The monoisotopic (exact) mass is 952 g/mol. The highest BCUT2D eigenvalue weighted by atomic mass is 16.7. The average molecular weight is 953 g/mol. The zero-order chi connectivity index (χ0) is 47.9. The van der Waals surface area contributed by atoms with E-state index in [1.54, 1.807) is 0 Å². The van der Waals surface area contributed by atoms with Gasteiger partial charge in [-0.15, -0.1) is 0 Å². The Morgan fingerprint density at radius 3 is 1.83 bits per heavy atom. The Kier molecular flexibility index (Phi) is 15.3. The minimum Gasteiger partial charge on any atom is -0.394 e. The number of fused-ring (bicyclic) bond motifs is 7. The smallest absolute Gasteiger partial charge is 0.187 e. The van der Waals surface area contributed by atoms with Crippen molar-refractivity contribution < 1.29 is 105 Å². The van der Waals surface area contributed by atoms with E-state index in [1.165, 1.54) is 0 Å². The minimum absolute atomic E-state index is 0.0637. The lowest BCUT2D eigenvalue weighted by atomic mass is 9.43. The van der Waals surface area contributed by atoms with Crippen molar-refractivity contribution in [3.8, 4) is 0 Å². The van der Waals surface area contributed by atoms with Crippen LogP contribution in [0.1, 0.15) is 79.1 Å². The maximum absolute atomic E-state index is 12.0. The van der Waals surface area contributed by atoms with Gasteiger partial charge in [0, 0.05) is 12.3 Å². The van der Waals surface area contributed by atoms with Gasteiger partial charge >= 0.3 is 0 Å². The van der Waals surface area contributed by atoms with Gasteiger partial charge in [-0.1, -0.05) is 27.7 Å². The third-order valence-electron chi connectivity index (χ3n) is 18.0. The van der Waals surface area contributed by atoms with Crippen molar-refractivity contribution in [3.63, 3.8) is 0 Å². The average Bonchev–Trinajstić information content (AvgIpc) is 3.72. The van der Waals surface area contributed by atoms with E-state index in [2.05, 4.69) is 13.8 Å². The van der Waals surface area contributed by atoms with Crippen molar-refractivity contribution in [2.45, 2.75) is 201 Å². The van der Waals surface area contributed by atoms with Crippen LogP contribution in [0, 0.1) is 52.3 Å². The summed E-state index contributed by atoms with van der Waals surface area (Å²) in [4.78, 5) is 0. The first-order valence-corrected chi connectivity index (χ1v) is 24.0. The summed E-state index contributed by atoms with van der Waals surface area (Å²) in [7, 11) is 0. The van der Waals surface area contributed by atoms with Gasteiger partial charge in [-0.25, -0.2) is 0 Å².